The Hall–Kier alpha value is -5.18. The van der Waals surface area contributed by atoms with Crippen LogP contribution in [0.2, 0.25) is 0 Å². The summed E-state index contributed by atoms with van der Waals surface area (Å²) in [5, 5.41) is 5.47. The molecule has 4 atom stereocenters. The van der Waals surface area contributed by atoms with Gasteiger partial charge in [-0.25, -0.2) is 19.6 Å². The second-order valence-electron chi connectivity index (χ2n) is 17.6. The molecule has 2 saturated heterocycles. The summed E-state index contributed by atoms with van der Waals surface area (Å²) in [6.45, 7) is 8.89. The van der Waals surface area contributed by atoms with Crippen LogP contribution in [0.15, 0.2) is 36.7 Å². The summed E-state index contributed by atoms with van der Waals surface area (Å²) in [6.07, 6.45) is 13.0. The zero-order valence-electron chi connectivity index (χ0n) is 35.6. The van der Waals surface area contributed by atoms with Crippen LogP contribution in [0.1, 0.15) is 120 Å². The lowest BCUT2D eigenvalue weighted by molar-refractivity contribution is -0.136. The van der Waals surface area contributed by atoms with Crippen LogP contribution in [0.3, 0.4) is 0 Å². The van der Waals surface area contributed by atoms with E-state index in [2.05, 4.69) is 44.9 Å². The second-order valence-corrected chi connectivity index (χ2v) is 18.7. The monoisotopic (exact) mass is 838 g/mol. The van der Waals surface area contributed by atoms with E-state index in [0.29, 0.717) is 13.1 Å². The van der Waals surface area contributed by atoms with Gasteiger partial charge in [0.1, 0.15) is 23.7 Å². The number of aromatic amines is 2. The van der Waals surface area contributed by atoms with E-state index in [4.69, 9.17) is 19.4 Å². The molecule has 3 fully saturated rings. The van der Waals surface area contributed by atoms with Crippen molar-refractivity contribution < 1.29 is 28.7 Å². The number of ether oxygens (including phenoxy) is 2. The van der Waals surface area contributed by atoms with Crippen LogP contribution >= 0.6 is 11.3 Å². The average molecular weight is 839 g/mol. The van der Waals surface area contributed by atoms with Crippen LogP contribution in [0.4, 0.5) is 9.59 Å². The Kier molecular flexibility index (Phi) is 11.8. The minimum Gasteiger partial charge on any atom is -0.453 e. The Morgan fingerprint density at radius 1 is 0.717 bits per heavy atom. The van der Waals surface area contributed by atoms with Crippen LogP contribution in [-0.4, -0.2) is 93.1 Å². The summed E-state index contributed by atoms with van der Waals surface area (Å²) in [4.78, 5) is 74.8. The first kappa shape index (κ1) is 41.5. The quantitative estimate of drug-likeness (QED) is 0.117. The molecule has 0 radical (unpaired) electrons. The van der Waals surface area contributed by atoms with Crippen LogP contribution in [0.25, 0.3) is 32.3 Å². The molecule has 60 heavy (non-hydrogen) atoms. The van der Waals surface area contributed by atoms with Crippen molar-refractivity contribution in [2.75, 3.05) is 27.3 Å². The van der Waals surface area contributed by atoms with Crippen molar-refractivity contribution in [2.45, 2.75) is 121 Å². The third-order valence-electron chi connectivity index (χ3n) is 13.3. The fourth-order valence-corrected chi connectivity index (χ4v) is 11.6. The minimum absolute atomic E-state index is 0.104. The zero-order chi connectivity index (χ0) is 42.3. The molecule has 320 valence electrons. The number of imidazole rings is 2. The predicted molar refractivity (Wildman–Crippen MR) is 229 cm³/mol. The third kappa shape index (κ3) is 7.69. The molecule has 15 heteroatoms. The first-order chi connectivity index (χ1) is 28.9. The normalized spacial score (nSPS) is 20.5. The van der Waals surface area contributed by atoms with Gasteiger partial charge in [-0.1, -0.05) is 64.8 Å². The maximum atomic E-state index is 13.8. The van der Waals surface area contributed by atoms with E-state index in [1.165, 1.54) is 66.3 Å². The first-order valence-electron chi connectivity index (χ1n) is 21.6. The van der Waals surface area contributed by atoms with Crippen LogP contribution in [0, 0.1) is 11.8 Å². The number of carbonyl (C=O) groups excluding carboxylic acids is 4. The van der Waals surface area contributed by atoms with Gasteiger partial charge >= 0.3 is 12.2 Å². The summed E-state index contributed by atoms with van der Waals surface area (Å²) < 4.78 is 9.62. The number of hydrogen-bond donors (Lipinski definition) is 4. The SMILES string of the molecule is COC(=O)N[C@H](C(=O)N1CCC[C@H]1c1ncc(-c2ccc(-c3sc(-c4cnc([C@@H]5CCCN5C(=O)[C@@H](NC(=O)OC)C(C)C)[nH]4)c4c3C3(CCCC3)CC4)cc2)[nH]1)C(C)C. The van der Waals surface area contributed by atoms with E-state index < -0.39 is 24.3 Å². The predicted octanol–water partition coefficient (Wildman–Crippen LogP) is 8.04. The van der Waals surface area contributed by atoms with Crippen LogP contribution in [0.5, 0.6) is 0 Å². The molecule has 4 N–H and O–H groups in total. The van der Waals surface area contributed by atoms with Crippen molar-refractivity contribution in [3.8, 4) is 32.3 Å². The lowest BCUT2D eigenvalue weighted by atomic mass is 9.79. The van der Waals surface area contributed by atoms with E-state index in [-0.39, 0.29) is 41.1 Å². The summed E-state index contributed by atoms with van der Waals surface area (Å²) in [6, 6.07) is 6.97. The van der Waals surface area contributed by atoms with E-state index in [1.54, 1.807) is 0 Å². The van der Waals surface area contributed by atoms with Crippen molar-refractivity contribution >= 4 is 35.3 Å². The number of alkyl carbamates (subject to hydrolysis) is 2. The number of methoxy groups -OCH3 is 2. The third-order valence-corrected chi connectivity index (χ3v) is 14.6. The van der Waals surface area contributed by atoms with Gasteiger partial charge in [0.05, 0.1) is 55.0 Å². The molecule has 0 unspecified atom stereocenters. The van der Waals surface area contributed by atoms with Crippen molar-refractivity contribution in [3.05, 3.63) is 59.4 Å². The smallest absolute Gasteiger partial charge is 0.407 e. The zero-order valence-corrected chi connectivity index (χ0v) is 36.4. The molecule has 5 heterocycles. The van der Waals surface area contributed by atoms with E-state index in [1.807, 2.05) is 61.2 Å². The summed E-state index contributed by atoms with van der Waals surface area (Å²) >= 11 is 1.84. The Morgan fingerprint density at radius 2 is 1.22 bits per heavy atom. The van der Waals surface area contributed by atoms with Gasteiger partial charge in [0, 0.05) is 18.0 Å². The highest BCUT2D eigenvalue weighted by Crippen LogP contribution is 2.58. The molecule has 2 aliphatic carbocycles. The van der Waals surface area contributed by atoms with Crippen molar-refractivity contribution in [1.82, 2.24) is 40.4 Å². The lowest BCUT2D eigenvalue weighted by Gasteiger charge is -2.30. The fourth-order valence-electron chi connectivity index (χ4n) is 10.2. The number of rotatable bonds is 11. The number of benzene rings is 1. The number of likely N-dealkylation sites (tertiary alicyclic amines) is 2. The van der Waals surface area contributed by atoms with Crippen molar-refractivity contribution in [2.24, 2.45) is 11.8 Å². The maximum absolute atomic E-state index is 13.8. The largest absolute Gasteiger partial charge is 0.453 e. The summed E-state index contributed by atoms with van der Waals surface area (Å²) in [5.74, 6) is 1.06. The van der Waals surface area contributed by atoms with Crippen molar-refractivity contribution in [3.63, 3.8) is 0 Å². The van der Waals surface area contributed by atoms with Gasteiger partial charge in [-0.05, 0) is 90.9 Å². The molecule has 1 aromatic carbocycles. The number of fused-ring (bicyclic) bond motifs is 2. The van der Waals surface area contributed by atoms with E-state index >= 15 is 0 Å². The average Bonchev–Trinajstić information content (AvgIpc) is 4.10. The molecule has 3 aromatic heterocycles. The number of aromatic nitrogens is 4. The van der Waals surface area contributed by atoms with Crippen LogP contribution in [-0.2, 0) is 30.9 Å². The Labute approximate surface area is 355 Å². The van der Waals surface area contributed by atoms with Gasteiger partial charge in [0.25, 0.3) is 0 Å². The molecule has 1 saturated carbocycles. The highest BCUT2D eigenvalue weighted by atomic mass is 32.1. The van der Waals surface area contributed by atoms with Gasteiger partial charge in [-0.2, -0.15) is 0 Å². The fraction of sp³-hybridized carbons (Fsp3) is 0.556. The molecule has 4 aliphatic rings. The van der Waals surface area contributed by atoms with Gasteiger partial charge in [0.2, 0.25) is 11.8 Å². The molecule has 0 bridgehead atoms. The molecule has 4 aromatic rings. The standard InChI is InChI=1S/C45H58N8O6S/c1-25(2)35(50-43(56)58-5)41(54)52-21-9-11-32(52)39-46-23-30(48-39)27-13-15-28(16-14-27)37-34-29(17-20-45(34)18-7-8-19-45)38(60-37)31-24-47-40(49-31)33-12-10-22-53(33)42(55)36(26(3)4)51-44(57)59-6/h13-16,23-26,32-33,35-36H,7-12,17-22H2,1-6H3,(H,46,48)(H,47,49)(H,50,56)(H,51,57)/t32-,33-,35-,36-/m0/s1. The van der Waals surface area contributed by atoms with Gasteiger partial charge in [-0.3, -0.25) is 9.59 Å². The van der Waals surface area contributed by atoms with E-state index in [9.17, 15) is 19.2 Å². The van der Waals surface area contributed by atoms with Gasteiger partial charge in [0.15, 0.2) is 0 Å². The number of thiophene rings is 1. The highest BCUT2D eigenvalue weighted by molar-refractivity contribution is 7.19. The number of nitrogens with one attached hydrogen (secondary N) is 4. The lowest BCUT2D eigenvalue weighted by Crippen LogP contribution is -2.51. The Balaban J connectivity index is 1.04. The van der Waals surface area contributed by atoms with Crippen molar-refractivity contribution in [1.29, 1.82) is 0 Å². The Bertz CT molecular complexity index is 2220. The van der Waals surface area contributed by atoms with Gasteiger partial charge in [-0.15, -0.1) is 11.3 Å². The number of carbonyl (C=O) groups is 4. The maximum Gasteiger partial charge on any atom is 0.407 e. The molecular weight excluding hydrogens is 781 g/mol. The van der Waals surface area contributed by atoms with Gasteiger partial charge < -0.3 is 39.9 Å². The number of hydrogen-bond acceptors (Lipinski definition) is 9. The van der Waals surface area contributed by atoms with Crippen LogP contribution < -0.4 is 10.6 Å². The minimum atomic E-state index is -0.688. The van der Waals surface area contributed by atoms with E-state index in [0.717, 1.165) is 67.1 Å². The molecule has 4 amide bonds. The topological polar surface area (TPSA) is 175 Å². The molecule has 1 spiro atoms. The molecular formula is C45H58N8O6S. The second kappa shape index (κ2) is 17.1. The number of H-pyrrole nitrogens is 2. The highest BCUT2D eigenvalue weighted by Gasteiger charge is 2.46. The molecule has 8 rings (SSSR count). The molecule has 2 aliphatic heterocycles. The number of amides is 4. The first-order valence-corrected chi connectivity index (χ1v) is 22.4. The number of nitrogens with zero attached hydrogens (tertiary/aromatic N) is 4. The summed E-state index contributed by atoms with van der Waals surface area (Å²) in [7, 11) is 2.61. The Morgan fingerprint density at radius 3 is 1.73 bits per heavy atom. The molecule has 14 nitrogen and oxygen atoms in total. The summed E-state index contributed by atoms with van der Waals surface area (Å²) in [5.41, 5.74) is 7.20.